The minimum Gasteiger partial charge on any atom is -0.351 e. The van der Waals surface area contributed by atoms with Crippen molar-refractivity contribution in [1.29, 1.82) is 0 Å². The van der Waals surface area contributed by atoms with Gasteiger partial charge in [-0.1, -0.05) is 29.6 Å². The molecule has 1 heterocycles. The number of primary amides is 1. The smallest absolute Gasteiger partial charge is 0.318 e. The fourth-order valence-corrected chi connectivity index (χ4v) is 3.10. The summed E-state index contributed by atoms with van der Waals surface area (Å²) >= 11 is 11.8. The summed E-state index contributed by atoms with van der Waals surface area (Å²) in [5, 5.41) is 5.63. The molecule has 0 radical (unpaired) electrons. The lowest BCUT2D eigenvalue weighted by atomic mass is 10.0. The molecular formula is C16H20Cl2N4O3. The molecule has 25 heavy (non-hydrogen) atoms. The predicted molar refractivity (Wildman–Crippen MR) is 96.6 cm³/mol. The number of carbonyl (C=O) groups excluding carboxylic acids is 3. The molecule has 1 aliphatic rings. The highest BCUT2D eigenvalue weighted by Crippen LogP contribution is 2.26. The molecule has 1 atom stereocenters. The van der Waals surface area contributed by atoms with Gasteiger partial charge in [0.2, 0.25) is 11.8 Å². The van der Waals surface area contributed by atoms with Crippen LogP contribution >= 0.6 is 23.2 Å². The van der Waals surface area contributed by atoms with E-state index >= 15 is 0 Å². The molecule has 0 aromatic heterocycles. The number of nitrogens with two attached hydrogens (primary N) is 1. The standard InChI is InChI=1S/C16H20Cl2N4O3/c17-11-5-4-10(9-12(11)18)20-15(24)13-3-1-2-7-22(13)8-6-14(23)21-16(19)25/h4-5,9,13H,1-3,6-8H2,(H,20,24)(H3,19,21,23,25). The topological polar surface area (TPSA) is 105 Å². The van der Waals surface area contributed by atoms with Gasteiger partial charge in [0.05, 0.1) is 16.1 Å². The lowest BCUT2D eigenvalue weighted by molar-refractivity contribution is -0.124. The minimum atomic E-state index is -0.877. The predicted octanol–water partition coefficient (Wildman–Crippen LogP) is 2.37. The monoisotopic (exact) mass is 386 g/mol. The number of halogens is 2. The van der Waals surface area contributed by atoms with Gasteiger partial charge in [0.15, 0.2) is 0 Å². The molecule has 4 N–H and O–H groups in total. The molecule has 1 aromatic carbocycles. The third kappa shape index (κ3) is 5.88. The van der Waals surface area contributed by atoms with Crippen LogP contribution in [-0.4, -0.2) is 41.9 Å². The third-order valence-corrected chi connectivity index (χ3v) is 4.73. The van der Waals surface area contributed by atoms with Crippen LogP contribution in [0.25, 0.3) is 0 Å². The van der Waals surface area contributed by atoms with E-state index in [9.17, 15) is 14.4 Å². The van der Waals surface area contributed by atoms with E-state index in [0.29, 0.717) is 35.2 Å². The van der Waals surface area contributed by atoms with Gasteiger partial charge in [-0.05, 0) is 37.6 Å². The van der Waals surface area contributed by atoms with Gasteiger partial charge < -0.3 is 11.1 Å². The van der Waals surface area contributed by atoms with Crippen molar-refractivity contribution in [3.05, 3.63) is 28.2 Å². The van der Waals surface area contributed by atoms with Crippen LogP contribution in [0, 0.1) is 0 Å². The number of hydrogen-bond donors (Lipinski definition) is 3. The van der Waals surface area contributed by atoms with Crippen molar-refractivity contribution in [2.45, 2.75) is 31.7 Å². The molecule has 1 aliphatic heterocycles. The van der Waals surface area contributed by atoms with Gasteiger partial charge in [0.25, 0.3) is 0 Å². The number of nitrogens with zero attached hydrogens (tertiary/aromatic N) is 1. The summed E-state index contributed by atoms with van der Waals surface area (Å²) in [5.74, 6) is -0.616. The molecule has 1 saturated heterocycles. The van der Waals surface area contributed by atoms with Gasteiger partial charge in [-0.25, -0.2) is 4.79 Å². The second kappa shape index (κ2) is 9.03. The molecule has 0 spiro atoms. The van der Waals surface area contributed by atoms with E-state index in [1.165, 1.54) is 0 Å². The number of carbonyl (C=O) groups is 3. The number of likely N-dealkylation sites (tertiary alicyclic amines) is 1. The molecule has 4 amide bonds. The second-order valence-electron chi connectivity index (χ2n) is 5.83. The molecule has 7 nitrogen and oxygen atoms in total. The van der Waals surface area contributed by atoms with Crippen molar-refractivity contribution in [2.75, 3.05) is 18.4 Å². The third-order valence-electron chi connectivity index (χ3n) is 3.99. The lowest BCUT2D eigenvalue weighted by Crippen LogP contribution is -2.48. The van der Waals surface area contributed by atoms with Crippen molar-refractivity contribution >= 4 is 46.7 Å². The van der Waals surface area contributed by atoms with E-state index in [2.05, 4.69) is 5.32 Å². The molecule has 0 bridgehead atoms. The molecule has 1 fully saturated rings. The number of rotatable bonds is 5. The molecule has 0 aliphatic carbocycles. The van der Waals surface area contributed by atoms with E-state index in [1.807, 2.05) is 10.2 Å². The number of benzene rings is 1. The maximum Gasteiger partial charge on any atom is 0.318 e. The van der Waals surface area contributed by atoms with E-state index in [4.69, 9.17) is 28.9 Å². The number of amides is 4. The quantitative estimate of drug-likeness (QED) is 0.722. The van der Waals surface area contributed by atoms with E-state index in [-0.39, 0.29) is 18.4 Å². The summed E-state index contributed by atoms with van der Waals surface area (Å²) in [5.41, 5.74) is 5.48. The molecule has 0 saturated carbocycles. The zero-order valence-corrected chi connectivity index (χ0v) is 15.1. The molecule has 1 unspecified atom stereocenters. The molecule has 136 valence electrons. The Labute approximate surface area is 155 Å². The first kappa shape index (κ1) is 19.5. The van der Waals surface area contributed by atoms with E-state index in [1.54, 1.807) is 18.2 Å². The van der Waals surface area contributed by atoms with E-state index in [0.717, 1.165) is 12.8 Å². The Kier molecular flexibility index (Phi) is 7.04. The van der Waals surface area contributed by atoms with Crippen molar-refractivity contribution in [3.8, 4) is 0 Å². The van der Waals surface area contributed by atoms with Gasteiger partial charge in [-0.2, -0.15) is 0 Å². The maximum atomic E-state index is 12.6. The van der Waals surface area contributed by atoms with Gasteiger partial charge in [0, 0.05) is 18.7 Å². The fraction of sp³-hybridized carbons (Fsp3) is 0.438. The Morgan fingerprint density at radius 3 is 2.64 bits per heavy atom. The van der Waals surface area contributed by atoms with Crippen molar-refractivity contribution in [3.63, 3.8) is 0 Å². The second-order valence-corrected chi connectivity index (χ2v) is 6.64. The van der Waals surface area contributed by atoms with Crippen LogP contribution in [0.15, 0.2) is 18.2 Å². The summed E-state index contributed by atoms with van der Waals surface area (Å²) in [6.45, 7) is 1.09. The lowest BCUT2D eigenvalue weighted by Gasteiger charge is -2.34. The van der Waals surface area contributed by atoms with Gasteiger partial charge in [0.1, 0.15) is 0 Å². The number of imide groups is 1. The van der Waals surface area contributed by atoms with Crippen molar-refractivity contribution < 1.29 is 14.4 Å². The Balaban J connectivity index is 1.96. The number of anilines is 1. The fourth-order valence-electron chi connectivity index (χ4n) is 2.80. The normalized spacial score (nSPS) is 17.8. The molecular weight excluding hydrogens is 367 g/mol. The minimum absolute atomic E-state index is 0.0967. The summed E-state index contributed by atoms with van der Waals surface area (Å²) in [4.78, 5) is 36.8. The SMILES string of the molecule is NC(=O)NC(=O)CCN1CCCCC1C(=O)Nc1ccc(Cl)c(Cl)c1. The van der Waals surface area contributed by atoms with Gasteiger partial charge in [-0.15, -0.1) is 0 Å². The average molecular weight is 387 g/mol. The average Bonchev–Trinajstić information content (AvgIpc) is 2.56. The zero-order valence-electron chi connectivity index (χ0n) is 13.6. The molecule has 1 aromatic rings. The van der Waals surface area contributed by atoms with Gasteiger partial charge >= 0.3 is 6.03 Å². The zero-order chi connectivity index (χ0) is 18.4. The van der Waals surface area contributed by atoms with Crippen molar-refractivity contribution in [2.24, 2.45) is 5.73 Å². The first-order chi connectivity index (χ1) is 11.9. The molecule has 2 rings (SSSR count). The van der Waals surface area contributed by atoms with Crippen LogP contribution in [-0.2, 0) is 9.59 Å². The van der Waals surface area contributed by atoms with Crippen LogP contribution in [0.3, 0.4) is 0 Å². The number of hydrogen-bond acceptors (Lipinski definition) is 4. The highest BCUT2D eigenvalue weighted by atomic mass is 35.5. The first-order valence-corrected chi connectivity index (χ1v) is 8.71. The highest BCUT2D eigenvalue weighted by molar-refractivity contribution is 6.42. The van der Waals surface area contributed by atoms with Crippen LogP contribution in [0.4, 0.5) is 10.5 Å². The first-order valence-electron chi connectivity index (χ1n) is 7.96. The number of piperidine rings is 1. The van der Waals surface area contributed by atoms with E-state index < -0.39 is 11.9 Å². The summed E-state index contributed by atoms with van der Waals surface area (Å²) in [6.07, 6.45) is 2.68. The Hall–Kier alpha value is -1.83. The maximum absolute atomic E-state index is 12.6. The Morgan fingerprint density at radius 2 is 1.96 bits per heavy atom. The Bertz CT molecular complexity index is 669. The summed E-state index contributed by atoms with van der Waals surface area (Å²) in [6, 6.07) is 3.67. The number of nitrogens with one attached hydrogen (secondary N) is 2. The largest absolute Gasteiger partial charge is 0.351 e. The summed E-state index contributed by atoms with van der Waals surface area (Å²) < 4.78 is 0. The van der Waals surface area contributed by atoms with Crippen LogP contribution in [0.1, 0.15) is 25.7 Å². The Morgan fingerprint density at radius 1 is 1.20 bits per heavy atom. The van der Waals surface area contributed by atoms with Crippen LogP contribution in [0.2, 0.25) is 10.0 Å². The summed E-state index contributed by atoms with van der Waals surface area (Å²) in [7, 11) is 0. The van der Waals surface area contributed by atoms with Crippen LogP contribution < -0.4 is 16.4 Å². The highest BCUT2D eigenvalue weighted by Gasteiger charge is 2.29. The van der Waals surface area contributed by atoms with Crippen LogP contribution in [0.5, 0.6) is 0 Å². The molecule has 9 heteroatoms. The number of urea groups is 1. The van der Waals surface area contributed by atoms with Gasteiger partial charge in [-0.3, -0.25) is 19.8 Å². The van der Waals surface area contributed by atoms with Crippen molar-refractivity contribution in [1.82, 2.24) is 10.2 Å².